The Balaban J connectivity index is 2.31. The molecule has 1 aliphatic rings. The number of nitrogens with zero attached hydrogens (tertiary/aromatic N) is 2. The number of halogens is 3. The van der Waals surface area contributed by atoms with Crippen LogP contribution in [0.3, 0.4) is 0 Å². The monoisotopic (exact) mass is 289 g/mol. The summed E-state index contributed by atoms with van der Waals surface area (Å²) in [7, 11) is 2.01. The average molecular weight is 289 g/mol. The lowest BCUT2D eigenvalue weighted by Crippen LogP contribution is -2.50. The fraction of sp³-hybridized carbons (Fsp3) is 0.538. The fourth-order valence-corrected chi connectivity index (χ4v) is 2.49. The van der Waals surface area contributed by atoms with E-state index in [2.05, 4.69) is 9.64 Å². The van der Waals surface area contributed by atoms with Gasteiger partial charge in [0.25, 0.3) is 0 Å². The van der Waals surface area contributed by atoms with Crippen molar-refractivity contribution in [2.75, 3.05) is 37.3 Å². The van der Waals surface area contributed by atoms with Crippen molar-refractivity contribution < 1.29 is 17.9 Å². The second-order valence-corrected chi connectivity index (χ2v) is 5.02. The Bertz CT molecular complexity index is 484. The normalized spacial score (nSPS) is 20.5. The summed E-state index contributed by atoms with van der Waals surface area (Å²) in [6.07, 6.45) is 0. The Morgan fingerprint density at radius 2 is 2.05 bits per heavy atom. The topological polar surface area (TPSA) is 41.7 Å². The minimum absolute atomic E-state index is 0.154. The Morgan fingerprint density at radius 3 is 2.65 bits per heavy atom. The molecule has 1 unspecified atom stereocenters. The van der Waals surface area contributed by atoms with Crippen LogP contribution in [0.5, 0.6) is 5.75 Å². The van der Waals surface area contributed by atoms with Crippen LogP contribution in [0.15, 0.2) is 12.1 Å². The van der Waals surface area contributed by atoms with Gasteiger partial charge in [-0.3, -0.25) is 0 Å². The van der Waals surface area contributed by atoms with Gasteiger partial charge in [0.15, 0.2) is 11.6 Å². The molecular weight excluding hydrogens is 271 g/mol. The summed E-state index contributed by atoms with van der Waals surface area (Å²) in [4.78, 5) is 4.14. The Hall–Kier alpha value is -1.63. The van der Waals surface area contributed by atoms with E-state index < -0.39 is 18.2 Å². The summed E-state index contributed by atoms with van der Waals surface area (Å²) >= 11 is 0. The number of alkyl halides is 2. The lowest BCUT2D eigenvalue weighted by Gasteiger charge is -2.40. The minimum Gasteiger partial charge on any atom is -0.432 e. The molecule has 1 fully saturated rings. The SMILES string of the molecule is CC1CN(C)CCN1c1cc(OC(F)F)c(F)cc1N. The van der Waals surface area contributed by atoms with Crippen molar-refractivity contribution >= 4 is 11.4 Å². The summed E-state index contributed by atoms with van der Waals surface area (Å²) in [5.74, 6) is -1.36. The molecule has 0 bridgehead atoms. The molecule has 0 amide bonds. The molecule has 20 heavy (non-hydrogen) atoms. The van der Waals surface area contributed by atoms with Crippen LogP contribution < -0.4 is 15.4 Å². The zero-order valence-corrected chi connectivity index (χ0v) is 11.4. The van der Waals surface area contributed by atoms with Crippen LogP contribution in [0, 0.1) is 5.82 Å². The quantitative estimate of drug-likeness (QED) is 0.866. The molecule has 0 aliphatic carbocycles. The number of hydrogen-bond donors (Lipinski definition) is 1. The van der Waals surface area contributed by atoms with Gasteiger partial charge < -0.3 is 20.3 Å². The van der Waals surface area contributed by atoms with Crippen LogP contribution in [0.1, 0.15) is 6.92 Å². The summed E-state index contributed by atoms with van der Waals surface area (Å²) in [5, 5.41) is 0. The van der Waals surface area contributed by atoms with Crippen LogP contribution in [-0.4, -0.2) is 44.2 Å². The molecule has 1 aromatic carbocycles. The highest BCUT2D eigenvalue weighted by Crippen LogP contribution is 2.33. The van der Waals surface area contributed by atoms with Crippen LogP contribution in [0.25, 0.3) is 0 Å². The maximum absolute atomic E-state index is 13.6. The van der Waals surface area contributed by atoms with E-state index in [1.807, 2.05) is 18.9 Å². The molecule has 0 aromatic heterocycles. The van der Waals surface area contributed by atoms with E-state index in [1.54, 1.807) is 0 Å². The fourth-order valence-electron chi connectivity index (χ4n) is 2.49. The highest BCUT2D eigenvalue weighted by molar-refractivity contribution is 5.70. The maximum atomic E-state index is 13.6. The van der Waals surface area contributed by atoms with E-state index in [9.17, 15) is 13.2 Å². The summed E-state index contributed by atoms with van der Waals surface area (Å²) in [6.45, 7) is 1.28. The predicted octanol–water partition coefficient (Wildman–Crippen LogP) is 2.15. The molecule has 0 radical (unpaired) electrons. The third-order valence-corrected chi connectivity index (χ3v) is 3.44. The first-order valence-electron chi connectivity index (χ1n) is 6.37. The molecule has 2 rings (SSSR count). The molecule has 1 saturated heterocycles. The lowest BCUT2D eigenvalue weighted by atomic mass is 10.1. The van der Waals surface area contributed by atoms with Crippen molar-refractivity contribution in [3.63, 3.8) is 0 Å². The van der Waals surface area contributed by atoms with E-state index in [0.29, 0.717) is 12.2 Å². The van der Waals surface area contributed by atoms with Crippen molar-refractivity contribution in [2.24, 2.45) is 0 Å². The Morgan fingerprint density at radius 1 is 1.35 bits per heavy atom. The number of rotatable bonds is 3. The van der Waals surface area contributed by atoms with Crippen LogP contribution in [0.4, 0.5) is 24.5 Å². The first-order chi connectivity index (χ1) is 9.38. The molecule has 1 atom stereocenters. The van der Waals surface area contributed by atoms with Crippen molar-refractivity contribution in [1.82, 2.24) is 4.90 Å². The van der Waals surface area contributed by atoms with Crippen LogP contribution in [0.2, 0.25) is 0 Å². The third kappa shape index (κ3) is 3.09. The molecular formula is C13H18F3N3O. The number of hydrogen-bond acceptors (Lipinski definition) is 4. The summed E-state index contributed by atoms with van der Waals surface area (Å²) < 4.78 is 42.3. The van der Waals surface area contributed by atoms with Crippen molar-refractivity contribution in [3.05, 3.63) is 17.9 Å². The molecule has 0 saturated carbocycles. The van der Waals surface area contributed by atoms with Gasteiger partial charge in [-0.15, -0.1) is 0 Å². The molecule has 2 N–H and O–H groups in total. The number of piperazine rings is 1. The largest absolute Gasteiger partial charge is 0.432 e. The van der Waals surface area contributed by atoms with E-state index >= 15 is 0 Å². The second-order valence-electron chi connectivity index (χ2n) is 5.02. The minimum atomic E-state index is -3.06. The van der Waals surface area contributed by atoms with E-state index in [4.69, 9.17) is 5.73 Å². The van der Waals surface area contributed by atoms with Gasteiger partial charge in [-0.05, 0) is 14.0 Å². The van der Waals surface area contributed by atoms with Crippen molar-refractivity contribution in [2.45, 2.75) is 19.6 Å². The number of nitrogens with two attached hydrogens (primary N) is 1. The van der Waals surface area contributed by atoms with Gasteiger partial charge in [0.05, 0.1) is 11.4 Å². The highest BCUT2D eigenvalue weighted by atomic mass is 19.3. The predicted molar refractivity (Wildman–Crippen MR) is 71.7 cm³/mol. The summed E-state index contributed by atoms with van der Waals surface area (Å²) in [5.41, 5.74) is 6.56. The number of likely N-dealkylation sites (N-methyl/N-ethyl adjacent to an activating group) is 1. The van der Waals surface area contributed by atoms with Gasteiger partial charge in [0.1, 0.15) is 0 Å². The van der Waals surface area contributed by atoms with E-state index in [-0.39, 0.29) is 11.7 Å². The zero-order valence-electron chi connectivity index (χ0n) is 11.4. The molecule has 1 aliphatic heterocycles. The number of nitrogen functional groups attached to an aromatic ring is 1. The first-order valence-corrected chi connectivity index (χ1v) is 6.37. The van der Waals surface area contributed by atoms with Crippen molar-refractivity contribution in [1.29, 1.82) is 0 Å². The van der Waals surface area contributed by atoms with E-state index in [1.165, 1.54) is 6.07 Å². The first kappa shape index (κ1) is 14.8. The van der Waals surface area contributed by atoms with Gasteiger partial charge >= 0.3 is 6.61 Å². The van der Waals surface area contributed by atoms with Gasteiger partial charge in [0.2, 0.25) is 0 Å². The van der Waals surface area contributed by atoms with Gasteiger partial charge in [-0.1, -0.05) is 0 Å². The molecule has 1 heterocycles. The van der Waals surface area contributed by atoms with Crippen molar-refractivity contribution in [3.8, 4) is 5.75 Å². The van der Waals surface area contributed by atoms with Crippen LogP contribution >= 0.6 is 0 Å². The number of anilines is 2. The summed E-state index contributed by atoms with van der Waals surface area (Å²) in [6, 6.07) is 2.43. The Kier molecular flexibility index (Phi) is 4.27. The second kappa shape index (κ2) is 5.78. The Labute approximate surface area is 115 Å². The molecule has 1 aromatic rings. The van der Waals surface area contributed by atoms with Gasteiger partial charge in [-0.2, -0.15) is 8.78 Å². The number of benzene rings is 1. The van der Waals surface area contributed by atoms with Crippen LogP contribution in [-0.2, 0) is 0 Å². The number of ether oxygens (including phenoxy) is 1. The van der Waals surface area contributed by atoms with E-state index in [0.717, 1.165) is 19.2 Å². The smallest absolute Gasteiger partial charge is 0.387 e. The average Bonchev–Trinajstić information content (AvgIpc) is 2.33. The lowest BCUT2D eigenvalue weighted by molar-refractivity contribution is -0.0521. The highest BCUT2D eigenvalue weighted by Gasteiger charge is 2.25. The van der Waals surface area contributed by atoms with Gasteiger partial charge in [-0.25, -0.2) is 4.39 Å². The molecule has 112 valence electrons. The molecule has 0 spiro atoms. The standard InChI is InChI=1S/C13H18F3N3O/c1-8-7-18(2)3-4-19(8)11-6-12(20-13(15)16)9(14)5-10(11)17/h5-6,8,13H,3-4,7,17H2,1-2H3. The molecule has 4 nitrogen and oxygen atoms in total. The zero-order chi connectivity index (χ0) is 14.9. The third-order valence-electron chi connectivity index (χ3n) is 3.44. The maximum Gasteiger partial charge on any atom is 0.387 e. The van der Waals surface area contributed by atoms with Gasteiger partial charge in [0, 0.05) is 37.8 Å². The molecule has 7 heteroatoms.